The van der Waals surface area contributed by atoms with Crippen LogP contribution in [-0.4, -0.2) is 19.2 Å². The molecule has 0 radical (unpaired) electrons. The fourth-order valence-electron chi connectivity index (χ4n) is 0.737. The van der Waals surface area contributed by atoms with E-state index in [1.54, 1.807) is 12.1 Å². The molecule has 1 saturated heterocycles. The summed E-state index contributed by atoms with van der Waals surface area (Å²) < 4.78 is 11.8. The number of hydrogen-bond acceptors (Lipinski definition) is 3. The van der Waals surface area contributed by atoms with Crippen molar-refractivity contribution < 1.29 is 14.3 Å². The van der Waals surface area contributed by atoms with Crippen LogP contribution in [0.3, 0.4) is 0 Å². The van der Waals surface area contributed by atoms with Crippen LogP contribution < -0.4 is 4.74 Å². The Morgan fingerprint density at radius 1 is 1.29 bits per heavy atom. The molecule has 6 heteroatoms. The Labute approximate surface area is 125 Å². The number of carbonyl (C=O) groups excluding carboxylic acids is 1. The van der Waals surface area contributed by atoms with Gasteiger partial charge < -0.3 is 9.47 Å². The predicted molar refractivity (Wildman–Crippen MR) is 76.2 cm³/mol. The van der Waals surface area contributed by atoms with Gasteiger partial charge in [0.15, 0.2) is 0 Å². The molecule has 1 heterocycles. The van der Waals surface area contributed by atoms with E-state index < -0.39 is 5.97 Å². The predicted octanol–water partition coefficient (Wildman–Crippen LogP) is 4.08. The molecule has 0 aromatic heterocycles. The highest BCUT2D eigenvalue weighted by molar-refractivity contribution is 9.14. The highest BCUT2D eigenvalue weighted by Gasteiger charge is 2.10. The van der Waals surface area contributed by atoms with Crippen LogP contribution in [0.1, 0.15) is 0 Å². The maximum atomic E-state index is 10.9. The third kappa shape index (κ3) is 5.33. The first-order chi connectivity index (χ1) is 8.06. The molecule has 3 nitrogen and oxygen atoms in total. The lowest BCUT2D eigenvalue weighted by Gasteiger charge is -2.06. The van der Waals surface area contributed by atoms with Gasteiger partial charge in [-0.3, -0.25) is 0 Å². The molecular weight excluding hydrogens is 420 g/mol. The lowest BCUT2D eigenvalue weighted by Crippen LogP contribution is -2.03. The molecule has 0 atom stereocenters. The summed E-state index contributed by atoms with van der Waals surface area (Å²) in [6.07, 6.45) is 1.11. The summed E-state index contributed by atoms with van der Waals surface area (Å²) in [7, 11) is 0. The molecule has 2 rings (SSSR count). The van der Waals surface area contributed by atoms with Crippen LogP contribution in [0.4, 0.5) is 0 Å². The van der Waals surface area contributed by atoms with Gasteiger partial charge in [0.05, 0.1) is 17.7 Å². The molecule has 0 spiro atoms. The van der Waals surface area contributed by atoms with Gasteiger partial charge in [-0.1, -0.05) is 6.58 Å². The average Bonchev–Trinajstić information content (AvgIpc) is 3.17. The first-order valence-electron chi connectivity index (χ1n) is 4.61. The van der Waals surface area contributed by atoms with E-state index in [1.807, 2.05) is 0 Å². The molecule has 1 aliphatic heterocycles. The molecule has 1 aromatic carbocycles. The molecule has 1 fully saturated rings. The molecule has 0 N–H and O–H groups in total. The second-order valence-corrected chi connectivity index (χ2v) is 5.35. The van der Waals surface area contributed by atoms with Gasteiger partial charge in [0.1, 0.15) is 5.75 Å². The van der Waals surface area contributed by atoms with Gasteiger partial charge in [-0.15, -0.1) is 0 Å². The first-order valence-corrected chi connectivity index (χ1v) is 6.99. The van der Waals surface area contributed by atoms with Crippen molar-refractivity contribution in [3.05, 3.63) is 38.2 Å². The number of ether oxygens (including phenoxy) is 2. The summed E-state index contributed by atoms with van der Waals surface area (Å²) in [5.41, 5.74) is 0. The Morgan fingerprint density at radius 2 is 1.88 bits per heavy atom. The van der Waals surface area contributed by atoms with E-state index in [4.69, 9.17) is 4.74 Å². The van der Waals surface area contributed by atoms with E-state index >= 15 is 0 Å². The second kappa shape index (κ2) is 7.31. The Morgan fingerprint density at radius 3 is 2.35 bits per heavy atom. The summed E-state index contributed by atoms with van der Waals surface area (Å²) in [5.74, 6) is -0.0371. The molecule has 0 bridgehead atoms. The molecule has 0 amide bonds. The molecular formula is C11H9Br3O3. The van der Waals surface area contributed by atoms with Crippen molar-refractivity contribution in [2.24, 2.45) is 0 Å². The van der Waals surface area contributed by atoms with Gasteiger partial charge in [0.25, 0.3) is 0 Å². The molecule has 17 heavy (non-hydrogen) atoms. The summed E-state index contributed by atoms with van der Waals surface area (Å²) in [6.45, 7) is 5.32. The summed E-state index contributed by atoms with van der Waals surface area (Å²) in [6, 6.07) is 3.46. The Kier molecular flexibility index (Phi) is 6.40. The van der Waals surface area contributed by atoms with Crippen LogP contribution in [-0.2, 0) is 9.53 Å². The lowest BCUT2D eigenvalue weighted by atomic mass is 10.3. The Balaban J connectivity index is 0.000000415. The topological polar surface area (TPSA) is 38.8 Å². The van der Waals surface area contributed by atoms with E-state index in [2.05, 4.69) is 59.1 Å². The van der Waals surface area contributed by atoms with E-state index in [0.29, 0.717) is 10.2 Å². The number of halogens is 3. The maximum absolute atomic E-state index is 10.9. The van der Waals surface area contributed by atoms with Gasteiger partial charge in [-0.2, -0.15) is 0 Å². The first kappa shape index (κ1) is 14.9. The van der Waals surface area contributed by atoms with Gasteiger partial charge in [-0.05, 0) is 59.9 Å². The number of rotatable bonds is 2. The largest absolute Gasteiger partial charge is 0.422 e. The Hall–Kier alpha value is -0.170. The second-order valence-electron chi connectivity index (χ2n) is 2.91. The van der Waals surface area contributed by atoms with Crippen molar-refractivity contribution in [3.8, 4) is 5.75 Å². The molecule has 92 valence electrons. The average molecular weight is 429 g/mol. The van der Waals surface area contributed by atoms with Gasteiger partial charge >= 0.3 is 5.97 Å². The maximum Gasteiger partial charge on any atom is 0.335 e. The van der Waals surface area contributed by atoms with Crippen molar-refractivity contribution in [1.82, 2.24) is 0 Å². The molecule has 1 aromatic rings. The van der Waals surface area contributed by atoms with E-state index in [9.17, 15) is 4.79 Å². The van der Waals surface area contributed by atoms with E-state index in [0.717, 1.165) is 28.2 Å². The SMILES string of the molecule is C1CO1.C=CC(=O)Oc1ccc(Br)c(Br)c1Br. The van der Waals surface area contributed by atoms with Crippen molar-refractivity contribution in [3.63, 3.8) is 0 Å². The minimum Gasteiger partial charge on any atom is -0.422 e. The number of hydrogen-bond donors (Lipinski definition) is 0. The van der Waals surface area contributed by atoms with Crippen molar-refractivity contribution in [2.75, 3.05) is 13.2 Å². The summed E-state index contributed by atoms with van der Waals surface area (Å²) >= 11 is 9.96. The van der Waals surface area contributed by atoms with Crippen molar-refractivity contribution in [2.45, 2.75) is 0 Å². The van der Waals surface area contributed by atoms with Gasteiger partial charge in [0, 0.05) is 15.0 Å². The highest BCUT2D eigenvalue weighted by atomic mass is 79.9. The number of esters is 1. The fourth-order valence-corrected chi connectivity index (χ4v) is 2.09. The lowest BCUT2D eigenvalue weighted by molar-refractivity contribution is -0.129. The van der Waals surface area contributed by atoms with E-state index in [1.165, 1.54) is 0 Å². The molecule has 0 unspecified atom stereocenters. The smallest absolute Gasteiger partial charge is 0.335 e. The van der Waals surface area contributed by atoms with Crippen molar-refractivity contribution in [1.29, 1.82) is 0 Å². The molecule has 1 aliphatic rings. The Bertz CT molecular complexity index is 427. The minimum absolute atomic E-state index is 0.449. The van der Waals surface area contributed by atoms with Crippen LogP contribution in [0.25, 0.3) is 0 Å². The van der Waals surface area contributed by atoms with Crippen molar-refractivity contribution >= 4 is 53.8 Å². The summed E-state index contributed by atoms with van der Waals surface area (Å²) in [5, 5.41) is 0. The fraction of sp³-hybridized carbons (Fsp3) is 0.182. The van der Waals surface area contributed by atoms with Crippen LogP contribution in [0.5, 0.6) is 5.75 Å². The number of benzene rings is 1. The third-order valence-electron chi connectivity index (χ3n) is 1.58. The van der Waals surface area contributed by atoms with Gasteiger partial charge in [-0.25, -0.2) is 4.79 Å². The standard InChI is InChI=1S/C9H5Br3O2.C2H4O/c1-2-7(13)14-6-4-3-5(10)8(11)9(6)12;1-2-3-1/h2-4H,1H2;1-2H2. The third-order valence-corrected chi connectivity index (χ3v) is 4.92. The highest BCUT2D eigenvalue weighted by Crippen LogP contribution is 2.37. The molecule has 0 saturated carbocycles. The summed E-state index contributed by atoms with van der Waals surface area (Å²) in [4.78, 5) is 10.9. The minimum atomic E-state index is -0.486. The van der Waals surface area contributed by atoms with Gasteiger partial charge in [0.2, 0.25) is 0 Å². The number of epoxide rings is 1. The number of carbonyl (C=O) groups is 1. The van der Waals surface area contributed by atoms with Crippen LogP contribution in [0.15, 0.2) is 38.2 Å². The monoisotopic (exact) mass is 426 g/mol. The zero-order valence-electron chi connectivity index (χ0n) is 8.71. The zero-order chi connectivity index (χ0) is 12.8. The quantitative estimate of drug-likeness (QED) is 0.234. The normalized spacial score (nSPS) is 12.2. The van der Waals surface area contributed by atoms with Crippen LogP contribution in [0, 0.1) is 0 Å². The molecule has 0 aliphatic carbocycles. The van der Waals surface area contributed by atoms with Crippen LogP contribution >= 0.6 is 47.8 Å². The van der Waals surface area contributed by atoms with Crippen LogP contribution in [0.2, 0.25) is 0 Å². The zero-order valence-corrected chi connectivity index (χ0v) is 13.5. The van der Waals surface area contributed by atoms with E-state index in [-0.39, 0.29) is 0 Å².